The number of anilines is 2. The lowest BCUT2D eigenvalue weighted by atomic mass is 10.1. The van der Waals surface area contributed by atoms with Crippen molar-refractivity contribution in [2.75, 3.05) is 5.32 Å². The van der Waals surface area contributed by atoms with E-state index in [1.54, 1.807) is 0 Å². The van der Waals surface area contributed by atoms with E-state index in [9.17, 15) is 22.0 Å². The van der Waals surface area contributed by atoms with Crippen molar-refractivity contribution >= 4 is 28.6 Å². The monoisotopic (exact) mass is 318 g/mol. The molecule has 0 aliphatic heterocycles. The second-order valence-electron chi connectivity index (χ2n) is 4.00. The minimum atomic E-state index is -1.72. The van der Waals surface area contributed by atoms with Crippen LogP contribution in [0.5, 0.6) is 0 Å². The minimum absolute atomic E-state index is 0.321. The lowest BCUT2D eigenvalue weighted by Gasteiger charge is -2.11. The number of benzene rings is 2. The molecule has 21 heavy (non-hydrogen) atoms. The summed E-state index contributed by atoms with van der Waals surface area (Å²) < 4.78 is 66.7. The van der Waals surface area contributed by atoms with E-state index in [0.29, 0.717) is 6.07 Å². The van der Waals surface area contributed by atoms with E-state index in [-0.39, 0.29) is 10.6 Å². The van der Waals surface area contributed by atoms with E-state index in [4.69, 9.17) is 5.73 Å². The second-order valence-corrected chi connectivity index (χ2v) is 4.44. The van der Waals surface area contributed by atoms with Gasteiger partial charge >= 0.3 is 0 Å². The fourth-order valence-corrected chi connectivity index (χ4v) is 1.76. The van der Waals surface area contributed by atoms with Crippen molar-refractivity contribution < 1.29 is 22.0 Å². The van der Waals surface area contributed by atoms with Gasteiger partial charge in [-0.1, -0.05) is 12.2 Å². The van der Waals surface area contributed by atoms with E-state index in [2.05, 4.69) is 17.5 Å². The molecule has 110 valence electrons. The van der Waals surface area contributed by atoms with Crippen molar-refractivity contribution in [1.29, 1.82) is 0 Å². The summed E-state index contributed by atoms with van der Waals surface area (Å²) in [6.45, 7) is 0. The first-order valence-corrected chi connectivity index (χ1v) is 5.92. The molecule has 0 fully saturated rings. The molecule has 2 nitrogen and oxygen atoms in total. The molecule has 8 heteroatoms. The average molecular weight is 318 g/mol. The van der Waals surface area contributed by atoms with E-state index in [1.165, 1.54) is 0 Å². The number of hydrogen-bond acceptors (Lipinski definition) is 2. The predicted octanol–water partition coefficient (Wildman–Crippen LogP) is 3.76. The molecular weight excluding hydrogens is 311 g/mol. The molecule has 0 aliphatic rings. The molecule has 0 unspecified atom stereocenters. The molecule has 0 amide bonds. The lowest BCUT2D eigenvalue weighted by molar-refractivity contribution is 0.449. The van der Waals surface area contributed by atoms with Gasteiger partial charge in [0.2, 0.25) is 0 Å². The van der Waals surface area contributed by atoms with Crippen molar-refractivity contribution in [1.82, 2.24) is 0 Å². The van der Waals surface area contributed by atoms with Crippen LogP contribution in [0.2, 0.25) is 0 Å². The Morgan fingerprint density at radius 3 is 1.90 bits per heavy atom. The van der Waals surface area contributed by atoms with Gasteiger partial charge in [0.25, 0.3) is 0 Å². The third-order valence-electron chi connectivity index (χ3n) is 2.65. The van der Waals surface area contributed by atoms with Gasteiger partial charge in [0.15, 0.2) is 29.1 Å². The van der Waals surface area contributed by atoms with Crippen molar-refractivity contribution in [2.24, 2.45) is 5.73 Å². The normalized spacial score (nSPS) is 10.5. The molecule has 0 radical (unpaired) electrons. The molecule has 0 aromatic heterocycles. The van der Waals surface area contributed by atoms with Crippen LogP contribution in [0.4, 0.5) is 33.3 Å². The molecule has 0 atom stereocenters. The van der Waals surface area contributed by atoms with E-state index < -0.39 is 40.5 Å². The first kappa shape index (κ1) is 15.2. The fourth-order valence-electron chi connectivity index (χ4n) is 1.60. The van der Waals surface area contributed by atoms with Gasteiger partial charge in [0.05, 0.1) is 11.4 Å². The van der Waals surface area contributed by atoms with Gasteiger partial charge in [0.1, 0.15) is 4.99 Å². The predicted molar refractivity (Wildman–Crippen MR) is 71.8 cm³/mol. The first-order valence-electron chi connectivity index (χ1n) is 5.51. The maximum atomic E-state index is 13.8. The van der Waals surface area contributed by atoms with Gasteiger partial charge in [-0.2, -0.15) is 0 Å². The van der Waals surface area contributed by atoms with Gasteiger partial charge in [-0.3, -0.25) is 0 Å². The number of hydrogen-bond donors (Lipinski definition) is 2. The second kappa shape index (κ2) is 5.65. The SMILES string of the molecule is NC(=S)c1ccc(Nc2ccc(F)c(F)c2F)c(F)c1F. The molecule has 0 aliphatic carbocycles. The van der Waals surface area contributed by atoms with Gasteiger partial charge in [-0.05, 0) is 24.3 Å². The van der Waals surface area contributed by atoms with Gasteiger partial charge in [-0.15, -0.1) is 0 Å². The minimum Gasteiger partial charge on any atom is -0.389 e. The van der Waals surface area contributed by atoms with Crippen LogP contribution in [0.25, 0.3) is 0 Å². The van der Waals surface area contributed by atoms with E-state index >= 15 is 0 Å². The maximum absolute atomic E-state index is 13.8. The van der Waals surface area contributed by atoms with Crippen molar-refractivity contribution in [3.63, 3.8) is 0 Å². The largest absolute Gasteiger partial charge is 0.389 e. The Labute approximate surface area is 121 Å². The number of nitrogens with two attached hydrogens (primary N) is 1. The quantitative estimate of drug-likeness (QED) is 0.514. The topological polar surface area (TPSA) is 38.0 Å². The van der Waals surface area contributed by atoms with Gasteiger partial charge in [0, 0.05) is 5.56 Å². The molecule has 0 bridgehead atoms. The molecular formula is C13H7F5N2S. The Hall–Kier alpha value is -2.22. The smallest absolute Gasteiger partial charge is 0.196 e. The van der Waals surface area contributed by atoms with Gasteiger partial charge in [-0.25, -0.2) is 22.0 Å². The molecule has 0 heterocycles. The van der Waals surface area contributed by atoms with Gasteiger partial charge < -0.3 is 11.1 Å². The highest BCUT2D eigenvalue weighted by atomic mass is 32.1. The number of nitrogens with one attached hydrogen (secondary N) is 1. The van der Waals surface area contributed by atoms with Crippen LogP contribution in [-0.4, -0.2) is 4.99 Å². The van der Waals surface area contributed by atoms with Crippen LogP contribution in [-0.2, 0) is 0 Å². The molecule has 0 saturated carbocycles. The number of rotatable bonds is 3. The summed E-state index contributed by atoms with van der Waals surface area (Å²) in [6.07, 6.45) is 0. The van der Waals surface area contributed by atoms with Crippen LogP contribution in [0, 0.1) is 29.1 Å². The third-order valence-corrected chi connectivity index (χ3v) is 2.87. The van der Waals surface area contributed by atoms with Crippen LogP contribution in [0.1, 0.15) is 5.56 Å². The summed E-state index contributed by atoms with van der Waals surface area (Å²) in [6, 6.07) is 3.64. The molecule has 2 aromatic carbocycles. The van der Waals surface area contributed by atoms with Crippen LogP contribution in [0.15, 0.2) is 24.3 Å². The molecule has 2 aromatic rings. The molecule has 3 N–H and O–H groups in total. The number of halogens is 5. The Morgan fingerprint density at radius 1 is 0.810 bits per heavy atom. The molecule has 0 saturated heterocycles. The van der Waals surface area contributed by atoms with Crippen molar-refractivity contribution in [2.45, 2.75) is 0 Å². The van der Waals surface area contributed by atoms with Crippen molar-refractivity contribution in [3.8, 4) is 0 Å². The lowest BCUT2D eigenvalue weighted by Crippen LogP contribution is -2.13. The summed E-state index contributed by atoms with van der Waals surface area (Å²) in [5, 5.41) is 2.13. The molecule has 2 rings (SSSR count). The highest BCUT2D eigenvalue weighted by molar-refractivity contribution is 7.80. The zero-order valence-electron chi connectivity index (χ0n) is 10.2. The zero-order valence-corrected chi connectivity index (χ0v) is 11.0. The highest BCUT2D eigenvalue weighted by Crippen LogP contribution is 2.27. The summed E-state index contributed by atoms with van der Waals surface area (Å²) in [5.74, 6) is -7.36. The van der Waals surface area contributed by atoms with Crippen LogP contribution < -0.4 is 11.1 Å². The first-order chi connectivity index (χ1) is 9.82. The summed E-state index contributed by atoms with van der Waals surface area (Å²) in [5.41, 5.74) is 3.86. The zero-order chi connectivity index (χ0) is 15.7. The third kappa shape index (κ3) is 2.80. The van der Waals surface area contributed by atoms with E-state index in [0.717, 1.165) is 18.2 Å². The molecule has 0 spiro atoms. The highest BCUT2D eigenvalue weighted by Gasteiger charge is 2.18. The van der Waals surface area contributed by atoms with Crippen LogP contribution in [0.3, 0.4) is 0 Å². The Morgan fingerprint density at radius 2 is 1.33 bits per heavy atom. The Kier molecular flexibility index (Phi) is 4.08. The average Bonchev–Trinajstić information content (AvgIpc) is 2.44. The standard InChI is InChI=1S/C13H7F5N2S/c14-6-2-4-8(12(18)10(6)16)20-7-3-1-5(13(19)21)9(15)11(7)17/h1-4,20H,(H2,19,21). The van der Waals surface area contributed by atoms with E-state index in [1.807, 2.05) is 0 Å². The fraction of sp³-hybridized carbons (Fsp3) is 0. The Bertz CT molecular complexity index is 733. The van der Waals surface area contributed by atoms with Crippen molar-refractivity contribution in [3.05, 3.63) is 58.9 Å². The number of thiocarbonyl (C=S) groups is 1. The summed E-state index contributed by atoms with van der Waals surface area (Å²) >= 11 is 4.53. The summed E-state index contributed by atoms with van der Waals surface area (Å²) in [4.78, 5) is -0.350. The van der Waals surface area contributed by atoms with Crippen LogP contribution >= 0.6 is 12.2 Å². The Balaban J connectivity index is 2.44. The summed E-state index contributed by atoms with van der Waals surface area (Å²) in [7, 11) is 0. The maximum Gasteiger partial charge on any atom is 0.196 e.